The summed E-state index contributed by atoms with van der Waals surface area (Å²) in [6.07, 6.45) is 1.82. The smallest absolute Gasteiger partial charge is 0.0721 e. The molecule has 0 aliphatic carbocycles. The van der Waals surface area contributed by atoms with E-state index in [9.17, 15) is 0 Å². The summed E-state index contributed by atoms with van der Waals surface area (Å²) >= 11 is 0. The highest BCUT2D eigenvalue weighted by Gasteiger charge is 1.96. The van der Waals surface area contributed by atoms with Crippen LogP contribution in [0, 0.1) is 0 Å². The Morgan fingerprint density at radius 1 is 1.00 bits per heavy atom. The fraction of sp³-hybridized carbons (Fsp3) is 0.125. The van der Waals surface area contributed by atoms with Crippen LogP contribution >= 0.6 is 0 Å². The predicted molar refractivity (Wildman–Crippen MR) is 80.3 cm³/mol. The molecule has 0 bridgehead atoms. The van der Waals surface area contributed by atoms with E-state index in [4.69, 9.17) is 10.3 Å². The van der Waals surface area contributed by atoms with Gasteiger partial charge in [-0.2, -0.15) is 0 Å². The van der Waals surface area contributed by atoms with Crippen molar-refractivity contribution >= 4 is 11.8 Å². The van der Waals surface area contributed by atoms with Gasteiger partial charge in [-0.05, 0) is 22.2 Å². The summed E-state index contributed by atoms with van der Waals surface area (Å²) in [5.74, 6) is 0. The molecule has 0 aromatic heterocycles. The van der Waals surface area contributed by atoms with Crippen LogP contribution in [-0.2, 0) is 18.0 Å². The minimum Gasteiger partial charge on any atom is -0.372 e. The molecule has 0 radical (unpaired) electrons. The molecular weight excluding hydrogens is 250 g/mol. The van der Waals surface area contributed by atoms with E-state index in [0.717, 1.165) is 16.7 Å². The van der Waals surface area contributed by atoms with E-state index >= 15 is 0 Å². The Morgan fingerprint density at radius 3 is 2.05 bits per heavy atom. The summed E-state index contributed by atoms with van der Waals surface area (Å²) in [4.78, 5) is 2.74. The summed E-state index contributed by atoms with van der Waals surface area (Å²) in [6.45, 7) is 4.81. The van der Waals surface area contributed by atoms with Crippen LogP contribution in [0.3, 0.4) is 0 Å². The van der Waals surface area contributed by atoms with Gasteiger partial charge in [0.05, 0.1) is 13.2 Å². The number of rotatable bonds is 6. The number of ether oxygens (including phenoxy) is 1. The lowest BCUT2D eigenvalue weighted by atomic mass is 10.1. The van der Waals surface area contributed by atoms with Crippen molar-refractivity contribution in [3.8, 4) is 0 Å². The minimum absolute atomic E-state index is 0.528. The van der Waals surface area contributed by atoms with E-state index in [1.807, 2.05) is 42.5 Å². The Bertz CT molecular complexity index is 611. The monoisotopic (exact) mass is 265 g/mol. The molecule has 0 aliphatic heterocycles. The van der Waals surface area contributed by atoms with Gasteiger partial charge in [0.1, 0.15) is 0 Å². The summed E-state index contributed by atoms with van der Waals surface area (Å²) in [5.41, 5.74) is 12.2. The number of azide groups is 1. The predicted octanol–water partition coefficient (Wildman–Crippen LogP) is 4.99. The summed E-state index contributed by atoms with van der Waals surface area (Å²) in [7, 11) is 0. The van der Waals surface area contributed by atoms with E-state index in [1.165, 1.54) is 0 Å². The van der Waals surface area contributed by atoms with E-state index in [2.05, 4.69) is 16.6 Å². The van der Waals surface area contributed by atoms with Gasteiger partial charge < -0.3 is 4.74 Å². The highest BCUT2D eigenvalue weighted by Crippen LogP contribution is 2.14. The van der Waals surface area contributed by atoms with Crippen molar-refractivity contribution in [3.63, 3.8) is 0 Å². The standard InChI is InChI=1S/C16H15N3O/c1-2-13-3-5-14(6-4-13)11-20-12-15-7-9-16(10-8-15)18-19-17/h2-10H,1,11-12H2. The molecule has 2 aromatic carbocycles. The first-order chi connectivity index (χ1) is 9.81. The van der Waals surface area contributed by atoms with Crippen LogP contribution in [0.15, 0.2) is 60.2 Å². The molecule has 4 nitrogen and oxygen atoms in total. The third-order valence-corrected chi connectivity index (χ3v) is 2.85. The molecule has 2 aromatic rings. The maximum atomic E-state index is 8.32. The van der Waals surface area contributed by atoms with Crippen molar-refractivity contribution in [2.45, 2.75) is 13.2 Å². The van der Waals surface area contributed by atoms with E-state index in [0.29, 0.717) is 18.9 Å². The zero-order valence-electron chi connectivity index (χ0n) is 11.1. The molecule has 0 fully saturated rings. The molecule has 4 heteroatoms. The first kappa shape index (κ1) is 13.9. The second-order valence-corrected chi connectivity index (χ2v) is 4.29. The molecule has 2 rings (SSSR count). The normalized spacial score (nSPS) is 9.80. The molecule has 100 valence electrons. The summed E-state index contributed by atoms with van der Waals surface area (Å²) in [5, 5.41) is 3.52. The zero-order valence-corrected chi connectivity index (χ0v) is 11.1. The molecule has 0 saturated carbocycles. The number of benzene rings is 2. The van der Waals surface area contributed by atoms with Crippen LogP contribution in [-0.4, -0.2) is 0 Å². The average molecular weight is 265 g/mol. The molecule has 0 heterocycles. The Hall–Kier alpha value is -2.55. The van der Waals surface area contributed by atoms with Crippen molar-refractivity contribution < 1.29 is 4.74 Å². The molecule has 0 saturated heterocycles. The Labute approximate surface area is 118 Å². The fourth-order valence-corrected chi connectivity index (χ4v) is 1.75. The quantitative estimate of drug-likeness (QED) is 0.412. The maximum absolute atomic E-state index is 8.32. The van der Waals surface area contributed by atoms with Gasteiger partial charge in [-0.25, -0.2) is 0 Å². The van der Waals surface area contributed by atoms with Crippen molar-refractivity contribution in [3.05, 3.63) is 82.2 Å². The highest BCUT2D eigenvalue weighted by molar-refractivity contribution is 5.47. The van der Waals surface area contributed by atoms with E-state index in [-0.39, 0.29) is 0 Å². The molecular formula is C16H15N3O. The Kier molecular flexibility index (Phi) is 4.95. The van der Waals surface area contributed by atoms with Gasteiger partial charge in [0.25, 0.3) is 0 Å². The Morgan fingerprint density at radius 2 is 1.55 bits per heavy atom. The van der Waals surface area contributed by atoms with Gasteiger partial charge in [-0.1, -0.05) is 66.3 Å². The molecule has 0 atom stereocenters. The second-order valence-electron chi connectivity index (χ2n) is 4.29. The molecule has 0 aliphatic rings. The van der Waals surface area contributed by atoms with Crippen LogP contribution in [0.4, 0.5) is 5.69 Å². The van der Waals surface area contributed by atoms with Crippen LogP contribution in [0.1, 0.15) is 16.7 Å². The first-order valence-corrected chi connectivity index (χ1v) is 6.25. The lowest BCUT2D eigenvalue weighted by Gasteiger charge is -2.05. The third-order valence-electron chi connectivity index (χ3n) is 2.85. The molecule has 0 spiro atoms. The van der Waals surface area contributed by atoms with Crippen molar-refractivity contribution in [2.24, 2.45) is 5.11 Å². The van der Waals surface area contributed by atoms with Crippen molar-refractivity contribution in [2.75, 3.05) is 0 Å². The Balaban J connectivity index is 1.85. The topological polar surface area (TPSA) is 58.0 Å². The van der Waals surface area contributed by atoms with Crippen LogP contribution in [0.5, 0.6) is 0 Å². The van der Waals surface area contributed by atoms with E-state index < -0.39 is 0 Å². The van der Waals surface area contributed by atoms with E-state index in [1.54, 1.807) is 12.1 Å². The van der Waals surface area contributed by atoms with Gasteiger partial charge in [-0.3, -0.25) is 0 Å². The van der Waals surface area contributed by atoms with Gasteiger partial charge in [-0.15, -0.1) is 0 Å². The minimum atomic E-state index is 0.528. The molecule has 0 unspecified atom stereocenters. The summed E-state index contributed by atoms with van der Waals surface area (Å²) in [6, 6.07) is 15.4. The van der Waals surface area contributed by atoms with Crippen LogP contribution in [0.25, 0.3) is 16.5 Å². The summed E-state index contributed by atoms with van der Waals surface area (Å²) < 4.78 is 5.65. The zero-order chi connectivity index (χ0) is 14.2. The SMILES string of the molecule is C=Cc1ccc(COCc2ccc(N=[N+]=[N-])cc2)cc1. The van der Waals surface area contributed by atoms with Crippen LogP contribution < -0.4 is 0 Å². The highest BCUT2D eigenvalue weighted by atomic mass is 16.5. The lowest BCUT2D eigenvalue weighted by molar-refractivity contribution is 0.107. The van der Waals surface area contributed by atoms with Crippen molar-refractivity contribution in [1.82, 2.24) is 0 Å². The van der Waals surface area contributed by atoms with Crippen LogP contribution in [0.2, 0.25) is 0 Å². The molecule has 0 amide bonds. The lowest BCUT2D eigenvalue weighted by Crippen LogP contribution is -1.93. The molecule has 0 N–H and O–H groups in total. The third kappa shape index (κ3) is 3.99. The average Bonchev–Trinajstić information content (AvgIpc) is 2.50. The van der Waals surface area contributed by atoms with Gasteiger partial charge in [0.15, 0.2) is 0 Å². The number of hydrogen-bond acceptors (Lipinski definition) is 2. The van der Waals surface area contributed by atoms with Crippen molar-refractivity contribution in [1.29, 1.82) is 0 Å². The first-order valence-electron chi connectivity index (χ1n) is 6.25. The fourth-order valence-electron chi connectivity index (χ4n) is 1.75. The largest absolute Gasteiger partial charge is 0.372 e. The van der Waals surface area contributed by atoms with Gasteiger partial charge in [0.2, 0.25) is 0 Å². The second kappa shape index (κ2) is 7.14. The molecule has 20 heavy (non-hydrogen) atoms. The van der Waals surface area contributed by atoms with Gasteiger partial charge >= 0.3 is 0 Å². The maximum Gasteiger partial charge on any atom is 0.0721 e. The number of nitrogens with zero attached hydrogens (tertiary/aromatic N) is 3. The number of hydrogen-bond donors (Lipinski definition) is 0. The van der Waals surface area contributed by atoms with Gasteiger partial charge in [0, 0.05) is 10.6 Å².